The lowest BCUT2D eigenvalue weighted by molar-refractivity contribution is -0.128. The van der Waals surface area contributed by atoms with Gasteiger partial charge in [-0.3, -0.25) is 9.59 Å². The molecule has 1 aromatic carbocycles. The molecule has 2 fully saturated rings. The topological polar surface area (TPSA) is 66.9 Å². The van der Waals surface area contributed by atoms with Crippen LogP contribution in [0.2, 0.25) is 0 Å². The second kappa shape index (κ2) is 6.94. The average molecular weight is 399 g/mol. The molecule has 0 aromatic heterocycles. The fourth-order valence-corrected chi connectivity index (χ4v) is 5.69. The lowest BCUT2D eigenvalue weighted by Crippen LogP contribution is -2.54. The summed E-state index contributed by atoms with van der Waals surface area (Å²) >= 11 is 0. The molecule has 0 unspecified atom stereocenters. The Balaban J connectivity index is 1.63. The molecular weight excluding hydrogens is 368 g/mol. The van der Waals surface area contributed by atoms with Crippen LogP contribution >= 0.6 is 0 Å². The molecule has 0 radical (unpaired) electrons. The van der Waals surface area contributed by atoms with E-state index in [-0.39, 0.29) is 22.5 Å². The molecule has 3 aliphatic rings. The summed E-state index contributed by atoms with van der Waals surface area (Å²) in [6.07, 6.45) is 2.45. The zero-order chi connectivity index (χ0) is 21.0. The lowest BCUT2D eigenvalue weighted by Gasteiger charge is -2.52. The molecule has 1 heterocycles. The third-order valence-electron chi connectivity index (χ3n) is 7.24. The summed E-state index contributed by atoms with van der Waals surface area (Å²) < 4.78 is 5.55. The highest BCUT2D eigenvalue weighted by atomic mass is 16.6. The Bertz CT molecular complexity index is 870. The van der Waals surface area contributed by atoms with Gasteiger partial charge in [0, 0.05) is 43.1 Å². The fraction of sp³-hybridized carbons (Fsp3) is 0.609. The van der Waals surface area contributed by atoms with Crippen LogP contribution < -0.4 is 4.74 Å². The van der Waals surface area contributed by atoms with Crippen LogP contribution in [-0.4, -0.2) is 60.7 Å². The molecule has 29 heavy (non-hydrogen) atoms. The highest BCUT2D eigenvalue weighted by Crippen LogP contribution is 2.56. The van der Waals surface area contributed by atoms with E-state index in [2.05, 4.69) is 25.7 Å². The summed E-state index contributed by atoms with van der Waals surface area (Å²) in [6.45, 7) is 9.15. The van der Waals surface area contributed by atoms with Crippen LogP contribution in [0.5, 0.6) is 5.75 Å². The molecule has 1 amide bonds. The molecule has 156 valence electrons. The Morgan fingerprint density at radius 3 is 2.45 bits per heavy atom. The van der Waals surface area contributed by atoms with Gasteiger partial charge in [0.15, 0.2) is 0 Å². The maximum atomic E-state index is 13.1. The van der Waals surface area contributed by atoms with Crippen LogP contribution in [0, 0.1) is 11.3 Å². The number of rotatable bonds is 1. The van der Waals surface area contributed by atoms with Gasteiger partial charge in [-0.05, 0) is 43.0 Å². The third-order valence-corrected chi connectivity index (χ3v) is 7.24. The van der Waals surface area contributed by atoms with Crippen LogP contribution in [-0.2, 0) is 10.2 Å². The molecule has 1 saturated carbocycles. The van der Waals surface area contributed by atoms with Crippen molar-refractivity contribution in [1.29, 1.82) is 0 Å². The van der Waals surface area contributed by atoms with E-state index >= 15 is 0 Å². The Morgan fingerprint density at radius 1 is 1.07 bits per heavy atom. The number of hydrogen-bond donors (Lipinski definition) is 0. The van der Waals surface area contributed by atoms with E-state index in [9.17, 15) is 14.4 Å². The summed E-state index contributed by atoms with van der Waals surface area (Å²) in [6, 6.07) is 5.24. The molecule has 2 aliphatic carbocycles. The summed E-state index contributed by atoms with van der Waals surface area (Å²) in [5.41, 5.74) is 0.751. The summed E-state index contributed by atoms with van der Waals surface area (Å²) in [5, 5.41) is 0. The van der Waals surface area contributed by atoms with E-state index in [0.29, 0.717) is 24.4 Å². The number of ketones is 2. The van der Waals surface area contributed by atoms with Crippen molar-refractivity contribution in [2.45, 2.75) is 45.4 Å². The molecule has 4 rings (SSSR count). The number of benzene rings is 1. The van der Waals surface area contributed by atoms with E-state index < -0.39 is 11.9 Å². The number of ether oxygens (including phenoxy) is 1. The maximum Gasteiger partial charge on any atom is 0.415 e. The molecule has 1 aromatic rings. The largest absolute Gasteiger partial charge is 0.415 e. The van der Waals surface area contributed by atoms with E-state index in [1.54, 1.807) is 17.0 Å². The van der Waals surface area contributed by atoms with Gasteiger partial charge >= 0.3 is 6.09 Å². The molecule has 2 atom stereocenters. The van der Waals surface area contributed by atoms with Crippen molar-refractivity contribution >= 4 is 17.7 Å². The standard InChI is InChI=1S/C23H30N2O4/c1-22(2)8-5-9-23(3)17-7-6-15(14-16(17)18(26)19(27)20(22)23)29-21(28)25-12-10-24(4)11-13-25/h6-7,14,20H,5,8-13H2,1-4H3/t20-,23-/m1/s1. The number of carbonyl (C=O) groups is 3. The number of fused-ring (bicyclic) bond motifs is 3. The monoisotopic (exact) mass is 398 g/mol. The Morgan fingerprint density at radius 2 is 1.76 bits per heavy atom. The molecule has 0 spiro atoms. The van der Waals surface area contributed by atoms with Gasteiger partial charge in [-0.15, -0.1) is 0 Å². The Labute approximate surface area is 172 Å². The smallest absolute Gasteiger partial charge is 0.410 e. The summed E-state index contributed by atoms with van der Waals surface area (Å²) in [7, 11) is 2.02. The number of amides is 1. The molecule has 0 N–H and O–H groups in total. The molecule has 6 heteroatoms. The van der Waals surface area contributed by atoms with Gasteiger partial charge < -0.3 is 14.5 Å². The van der Waals surface area contributed by atoms with Crippen LogP contribution in [0.4, 0.5) is 4.79 Å². The van der Waals surface area contributed by atoms with E-state index in [0.717, 1.165) is 37.9 Å². The molecule has 1 saturated heterocycles. The SMILES string of the molecule is CN1CCN(C(=O)Oc2ccc3c(c2)C(=O)C(=O)[C@@H]2C(C)(C)CCC[C@]32C)CC1. The summed E-state index contributed by atoms with van der Waals surface area (Å²) in [5.74, 6) is -0.726. The van der Waals surface area contributed by atoms with Crippen molar-refractivity contribution in [2.24, 2.45) is 11.3 Å². The minimum Gasteiger partial charge on any atom is -0.410 e. The molecule has 6 nitrogen and oxygen atoms in total. The number of piperazine rings is 1. The third kappa shape index (κ3) is 3.27. The van der Waals surface area contributed by atoms with Crippen molar-refractivity contribution in [3.05, 3.63) is 29.3 Å². The fourth-order valence-electron chi connectivity index (χ4n) is 5.69. The van der Waals surface area contributed by atoms with Crippen LogP contribution in [0.1, 0.15) is 56.0 Å². The Hall–Kier alpha value is -2.21. The number of carbonyl (C=O) groups excluding carboxylic acids is 3. The van der Waals surface area contributed by atoms with Crippen LogP contribution in [0.15, 0.2) is 18.2 Å². The van der Waals surface area contributed by atoms with Crippen molar-refractivity contribution in [2.75, 3.05) is 33.2 Å². The first-order chi connectivity index (χ1) is 13.6. The first-order valence-corrected chi connectivity index (χ1v) is 10.5. The van der Waals surface area contributed by atoms with Gasteiger partial charge in [-0.1, -0.05) is 33.3 Å². The zero-order valence-electron chi connectivity index (χ0n) is 17.8. The second-order valence-corrected chi connectivity index (χ2v) is 9.75. The van der Waals surface area contributed by atoms with Crippen molar-refractivity contribution in [3.8, 4) is 5.75 Å². The van der Waals surface area contributed by atoms with E-state index in [4.69, 9.17) is 4.74 Å². The predicted molar refractivity (Wildman–Crippen MR) is 109 cm³/mol. The van der Waals surface area contributed by atoms with Crippen LogP contribution in [0.3, 0.4) is 0 Å². The number of hydrogen-bond acceptors (Lipinski definition) is 5. The van der Waals surface area contributed by atoms with Gasteiger partial charge in [0.25, 0.3) is 0 Å². The zero-order valence-corrected chi connectivity index (χ0v) is 17.8. The summed E-state index contributed by atoms with van der Waals surface area (Å²) in [4.78, 5) is 42.4. The van der Waals surface area contributed by atoms with Crippen molar-refractivity contribution in [1.82, 2.24) is 9.80 Å². The lowest BCUT2D eigenvalue weighted by atomic mass is 9.50. The van der Waals surface area contributed by atoms with Gasteiger partial charge in [0.1, 0.15) is 5.75 Å². The molecule has 0 bridgehead atoms. The minimum atomic E-state index is -0.449. The van der Waals surface area contributed by atoms with Gasteiger partial charge in [-0.25, -0.2) is 4.79 Å². The first kappa shape index (κ1) is 20.1. The van der Waals surface area contributed by atoms with Gasteiger partial charge in [0.05, 0.1) is 0 Å². The minimum absolute atomic E-state index is 0.204. The van der Waals surface area contributed by atoms with Crippen molar-refractivity contribution in [3.63, 3.8) is 0 Å². The predicted octanol–water partition coefficient (Wildman–Crippen LogP) is 3.28. The number of nitrogens with zero attached hydrogens (tertiary/aromatic N) is 2. The van der Waals surface area contributed by atoms with E-state index in [1.165, 1.54) is 0 Å². The van der Waals surface area contributed by atoms with Crippen molar-refractivity contribution < 1.29 is 19.1 Å². The Kier molecular flexibility index (Phi) is 4.80. The maximum absolute atomic E-state index is 13.1. The number of Topliss-reactive ketones (excluding diaryl/α,β-unsaturated/α-hetero) is 2. The van der Waals surface area contributed by atoms with Gasteiger partial charge in [-0.2, -0.15) is 0 Å². The van der Waals surface area contributed by atoms with E-state index in [1.807, 2.05) is 13.1 Å². The quantitative estimate of drug-likeness (QED) is 0.679. The highest BCUT2D eigenvalue weighted by Gasteiger charge is 2.56. The highest BCUT2D eigenvalue weighted by molar-refractivity contribution is 6.46. The van der Waals surface area contributed by atoms with Crippen LogP contribution in [0.25, 0.3) is 0 Å². The first-order valence-electron chi connectivity index (χ1n) is 10.5. The normalized spacial score (nSPS) is 29.2. The average Bonchev–Trinajstić information content (AvgIpc) is 2.66. The number of likely N-dealkylation sites (N-methyl/N-ethyl adjacent to an activating group) is 1. The molecule has 1 aliphatic heterocycles. The molecular formula is C23H30N2O4. The second-order valence-electron chi connectivity index (χ2n) is 9.75. The van der Waals surface area contributed by atoms with Gasteiger partial charge in [0.2, 0.25) is 11.6 Å².